The summed E-state index contributed by atoms with van der Waals surface area (Å²) in [5.41, 5.74) is 10.2. The third kappa shape index (κ3) is 3.82. The lowest BCUT2D eigenvalue weighted by Crippen LogP contribution is -2.19. The number of benzene rings is 2. The van der Waals surface area contributed by atoms with E-state index in [2.05, 4.69) is 15.4 Å². The van der Waals surface area contributed by atoms with Gasteiger partial charge in [0.25, 0.3) is 0 Å². The number of nitrogens with zero attached hydrogens (tertiary/aromatic N) is 4. The number of fused-ring (bicyclic) bond motifs is 1. The number of nitrogens with two attached hydrogens (primary N) is 1. The normalized spacial score (nSPS) is 16.1. The zero-order valence-electron chi connectivity index (χ0n) is 17.2. The molecule has 0 amide bonds. The fraction of sp³-hybridized carbons (Fsp3) is 0.261. The highest BCUT2D eigenvalue weighted by Gasteiger charge is 2.21. The predicted octanol–water partition coefficient (Wildman–Crippen LogP) is 4.10. The van der Waals surface area contributed by atoms with E-state index in [1.807, 2.05) is 31.2 Å². The van der Waals surface area contributed by atoms with Gasteiger partial charge in [0.05, 0.1) is 22.9 Å². The molecule has 0 spiro atoms. The Kier molecular flexibility index (Phi) is 4.99. The van der Waals surface area contributed by atoms with E-state index in [9.17, 15) is 4.39 Å². The molecule has 158 valence electrons. The van der Waals surface area contributed by atoms with Crippen molar-refractivity contribution in [1.82, 2.24) is 19.7 Å². The number of hydrogen-bond acceptors (Lipinski definition) is 6. The van der Waals surface area contributed by atoms with Crippen LogP contribution in [0.25, 0.3) is 28.0 Å². The quantitative estimate of drug-likeness (QED) is 0.507. The van der Waals surface area contributed by atoms with Gasteiger partial charge in [0.2, 0.25) is 5.95 Å². The monoisotopic (exact) mass is 418 g/mol. The van der Waals surface area contributed by atoms with E-state index < -0.39 is 0 Å². The molecule has 31 heavy (non-hydrogen) atoms. The Balaban J connectivity index is 1.64. The van der Waals surface area contributed by atoms with Crippen LogP contribution in [0.2, 0.25) is 0 Å². The van der Waals surface area contributed by atoms with Crippen molar-refractivity contribution >= 4 is 22.8 Å². The van der Waals surface area contributed by atoms with Gasteiger partial charge in [-0.25, -0.2) is 14.1 Å². The van der Waals surface area contributed by atoms with Gasteiger partial charge in [0.1, 0.15) is 11.6 Å². The van der Waals surface area contributed by atoms with Crippen molar-refractivity contribution in [3.63, 3.8) is 0 Å². The maximum atomic E-state index is 13.8. The summed E-state index contributed by atoms with van der Waals surface area (Å²) >= 11 is 0. The molecule has 1 atom stereocenters. The summed E-state index contributed by atoms with van der Waals surface area (Å²) < 4.78 is 21.0. The van der Waals surface area contributed by atoms with Crippen molar-refractivity contribution in [3.05, 3.63) is 59.9 Å². The van der Waals surface area contributed by atoms with Crippen LogP contribution in [-0.2, 0) is 4.74 Å². The molecule has 0 aliphatic carbocycles. The molecule has 2 aromatic heterocycles. The van der Waals surface area contributed by atoms with Crippen LogP contribution in [0.3, 0.4) is 0 Å². The zero-order chi connectivity index (χ0) is 21.4. The topological polar surface area (TPSA) is 90.9 Å². The number of hydrogen-bond donors (Lipinski definition) is 2. The van der Waals surface area contributed by atoms with Crippen LogP contribution in [-0.4, -0.2) is 39.0 Å². The maximum absolute atomic E-state index is 13.8. The second kappa shape index (κ2) is 7.96. The van der Waals surface area contributed by atoms with Gasteiger partial charge in [0.15, 0.2) is 5.65 Å². The highest BCUT2D eigenvalue weighted by molar-refractivity contribution is 5.99. The molecule has 3 N–H and O–H groups in total. The molecule has 1 fully saturated rings. The van der Waals surface area contributed by atoms with Crippen molar-refractivity contribution in [2.24, 2.45) is 0 Å². The van der Waals surface area contributed by atoms with Crippen molar-refractivity contribution in [3.8, 4) is 16.9 Å². The summed E-state index contributed by atoms with van der Waals surface area (Å²) in [6.45, 7) is 3.44. The van der Waals surface area contributed by atoms with E-state index in [4.69, 9.17) is 15.5 Å². The van der Waals surface area contributed by atoms with Crippen LogP contribution in [0.1, 0.15) is 18.4 Å². The minimum Gasteiger partial charge on any atom is -0.383 e. The summed E-state index contributed by atoms with van der Waals surface area (Å²) in [7, 11) is 0. The lowest BCUT2D eigenvalue weighted by molar-refractivity contribution is 0.120. The Morgan fingerprint density at radius 3 is 2.84 bits per heavy atom. The van der Waals surface area contributed by atoms with Gasteiger partial charge in [-0.05, 0) is 44.0 Å². The Morgan fingerprint density at radius 2 is 2.06 bits per heavy atom. The van der Waals surface area contributed by atoms with Crippen molar-refractivity contribution in [2.75, 3.05) is 24.2 Å². The summed E-state index contributed by atoms with van der Waals surface area (Å²) in [5.74, 6) is 0.464. The number of anilines is 2. The average molecular weight is 418 g/mol. The highest BCUT2D eigenvalue weighted by Crippen LogP contribution is 2.33. The largest absolute Gasteiger partial charge is 0.383 e. The third-order valence-electron chi connectivity index (χ3n) is 5.43. The van der Waals surface area contributed by atoms with Gasteiger partial charge in [-0.3, -0.25) is 0 Å². The zero-order valence-corrected chi connectivity index (χ0v) is 17.2. The van der Waals surface area contributed by atoms with Crippen LogP contribution in [0.5, 0.6) is 0 Å². The summed E-state index contributed by atoms with van der Waals surface area (Å²) in [5, 5.41) is 8.50. The smallest absolute Gasteiger partial charge is 0.225 e. The fourth-order valence-corrected chi connectivity index (χ4v) is 3.91. The van der Waals surface area contributed by atoms with Crippen molar-refractivity contribution < 1.29 is 9.13 Å². The number of ether oxygens (including phenoxy) is 1. The number of halogens is 1. The molecular weight excluding hydrogens is 395 g/mol. The molecule has 2 aromatic carbocycles. The number of nitrogen functional groups attached to an aromatic ring is 1. The first-order valence-electron chi connectivity index (χ1n) is 10.3. The van der Waals surface area contributed by atoms with Crippen LogP contribution < -0.4 is 11.1 Å². The summed E-state index contributed by atoms with van der Waals surface area (Å²) in [4.78, 5) is 9.36. The first-order chi connectivity index (χ1) is 15.1. The SMILES string of the molecule is Cc1cccc(-c2nc(NCC3CCCO3)nc3nn(-c4cccc(F)c4)c(N)c23)c1. The summed E-state index contributed by atoms with van der Waals surface area (Å²) in [6.07, 6.45) is 2.23. The maximum Gasteiger partial charge on any atom is 0.225 e. The molecule has 1 saturated heterocycles. The minimum atomic E-state index is -0.361. The molecule has 0 radical (unpaired) electrons. The van der Waals surface area contributed by atoms with E-state index in [-0.39, 0.29) is 11.9 Å². The van der Waals surface area contributed by atoms with E-state index in [1.54, 1.807) is 12.1 Å². The molecule has 0 saturated carbocycles. The molecule has 5 rings (SSSR count). The Bertz CT molecular complexity index is 1250. The molecule has 1 unspecified atom stereocenters. The second-order valence-electron chi connectivity index (χ2n) is 7.76. The molecule has 1 aliphatic rings. The van der Waals surface area contributed by atoms with Crippen LogP contribution >= 0.6 is 0 Å². The lowest BCUT2D eigenvalue weighted by Gasteiger charge is -2.12. The Morgan fingerprint density at radius 1 is 1.19 bits per heavy atom. The fourth-order valence-electron chi connectivity index (χ4n) is 3.91. The predicted molar refractivity (Wildman–Crippen MR) is 119 cm³/mol. The number of aromatic nitrogens is 4. The second-order valence-corrected chi connectivity index (χ2v) is 7.76. The van der Waals surface area contributed by atoms with Gasteiger partial charge in [-0.1, -0.05) is 29.8 Å². The number of nitrogens with one attached hydrogen (secondary N) is 1. The van der Waals surface area contributed by atoms with Gasteiger partial charge in [-0.2, -0.15) is 4.98 Å². The van der Waals surface area contributed by atoms with Crippen molar-refractivity contribution in [1.29, 1.82) is 0 Å². The van der Waals surface area contributed by atoms with Crippen LogP contribution in [0.15, 0.2) is 48.5 Å². The molecule has 0 bridgehead atoms. The Labute approximate surface area is 179 Å². The third-order valence-corrected chi connectivity index (χ3v) is 5.43. The van der Waals surface area contributed by atoms with Gasteiger partial charge >= 0.3 is 0 Å². The van der Waals surface area contributed by atoms with Gasteiger partial charge < -0.3 is 15.8 Å². The van der Waals surface area contributed by atoms with Gasteiger partial charge in [0, 0.05) is 18.7 Å². The van der Waals surface area contributed by atoms with E-state index in [0.717, 1.165) is 30.6 Å². The van der Waals surface area contributed by atoms with E-state index >= 15 is 0 Å². The first-order valence-corrected chi connectivity index (χ1v) is 10.3. The van der Waals surface area contributed by atoms with E-state index in [0.29, 0.717) is 40.7 Å². The molecule has 7 nitrogen and oxygen atoms in total. The molecule has 3 heterocycles. The van der Waals surface area contributed by atoms with Gasteiger partial charge in [-0.15, -0.1) is 5.10 Å². The molecule has 8 heteroatoms. The number of rotatable bonds is 5. The highest BCUT2D eigenvalue weighted by atomic mass is 19.1. The average Bonchev–Trinajstić information content (AvgIpc) is 3.40. The number of aryl methyl sites for hydroxylation is 1. The van der Waals surface area contributed by atoms with E-state index in [1.165, 1.54) is 16.8 Å². The van der Waals surface area contributed by atoms with Crippen LogP contribution in [0.4, 0.5) is 16.2 Å². The molecule has 4 aromatic rings. The lowest BCUT2D eigenvalue weighted by atomic mass is 10.1. The van der Waals surface area contributed by atoms with Crippen LogP contribution in [0, 0.1) is 12.7 Å². The molecular formula is C23H23FN6O. The molecule has 1 aliphatic heterocycles. The standard InChI is InChI=1S/C23H23FN6O/c1-14-5-2-6-15(11-14)20-19-21(25)30(17-8-3-7-16(24)12-17)29-22(19)28-23(27-20)26-13-18-9-4-10-31-18/h2-3,5-8,11-12,18H,4,9-10,13,25H2,1H3,(H,26,28,29). The van der Waals surface area contributed by atoms with Crippen molar-refractivity contribution in [2.45, 2.75) is 25.9 Å². The summed E-state index contributed by atoms with van der Waals surface area (Å²) in [6, 6.07) is 14.2. The Hall–Kier alpha value is -3.52. The first kappa shape index (κ1) is 19.4. The minimum absolute atomic E-state index is 0.150.